The van der Waals surface area contributed by atoms with Gasteiger partial charge in [-0.1, -0.05) is 127 Å². The Hall–Kier alpha value is -7.95. The Bertz CT molecular complexity index is 3900. The van der Waals surface area contributed by atoms with Crippen LogP contribution < -0.4 is 0 Å². The van der Waals surface area contributed by atoms with Crippen LogP contribution in [0.4, 0.5) is 0 Å². The zero-order valence-corrected chi connectivity index (χ0v) is 31.6. The lowest BCUT2D eigenvalue weighted by molar-refractivity contribution is 0.673. The number of benzene rings is 9. The number of rotatable bonds is 3. The van der Waals surface area contributed by atoms with Crippen molar-refractivity contribution in [1.82, 2.24) is 15.0 Å². The second kappa shape index (κ2) is 12.3. The monoisotopic (exact) mass is 749 g/mol. The van der Waals surface area contributed by atoms with Crippen LogP contribution in [0.25, 0.3) is 131 Å². The van der Waals surface area contributed by atoms with Gasteiger partial charge >= 0.3 is 0 Å². The third-order valence-electron chi connectivity index (χ3n) is 12.3. The fourth-order valence-electron chi connectivity index (χ4n) is 9.59. The van der Waals surface area contributed by atoms with E-state index in [2.05, 4.69) is 163 Å². The molecule has 4 heterocycles. The summed E-state index contributed by atoms with van der Waals surface area (Å²) in [5, 5.41) is 15.1. The van der Waals surface area contributed by atoms with Crippen LogP contribution in [0.15, 0.2) is 193 Å². The van der Waals surface area contributed by atoms with Crippen LogP contribution in [-0.4, -0.2) is 15.0 Å². The Morgan fingerprint density at radius 3 is 1.86 bits per heavy atom. The molecule has 0 fully saturated rings. The van der Waals surface area contributed by atoms with Crippen LogP contribution in [0.3, 0.4) is 0 Å². The van der Waals surface area contributed by atoms with E-state index in [-0.39, 0.29) is 0 Å². The van der Waals surface area contributed by atoms with Crippen LogP contribution in [0.1, 0.15) is 0 Å². The molecule has 0 saturated carbocycles. The fourth-order valence-corrected chi connectivity index (χ4v) is 9.59. The molecule has 13 rings (SSSR count). The van der Waals surface area contributed by atoms with Gasteiger partial charge in [-0.3, -0.25) is 9.97 Å². The molecule has 9 aromatic carbocycles. The molecule has 4 aromatic heterocycles. The van der Waals surface area contributed by atoms with Crippen LogP contribution in [0, 0.1) is 0 Å². The molecule has 0 amide bonds. The molecule has 0 spiro atoms. The molecule has 13 aromatic rings. The maximum atomic E-state index is 6.59. The first-order chi connectivity index (χ1) is 29.2. The molecule has 0 unspecified atom stereocenters. The third-order valence-corrected chi connectivity index (χ3v) is 12.3. The van der Waals surface area contributed by atoms with Crippen molar-refractivity contribution >= 4 is 97.7 Å². The van der Waals surface area contributed by atoms with Crippen molar-refractivity contribution in [3.63, 3.8) is 0 Å². The van der Waals surface area contributed by atoms with Crippen molar-refractivity contribution < 1.29 is 4.42 Å². The number of para-hydroxylation sites is 2. The van der Waals surface area contributed by atoms with E-state index in [0.29, 0.717) is 0 Å². The lowest BCUT2D eigenvalue weighted by Crippen LogP contribution is -1.91. The molecule has 4 heteroatoms. The fraction of sp³-hybridized carbons (Fsp3) is 0. The van der Waals surface area contributed by atoms with Crippen molar-refractivity contribution in [1.29, 1.82) is 0 Å². The molecular formula is C55H31N3O. The van der Waals surface area contributed by atoms with Gasteiger partial charge in [-0.2, -0.15) is 0 Å². The van der Waals surface area contributed by atoms with Gasteiger partial charge in [0, 0.05) is 55.7 Å². The molecule has 59 heavy (non-hydrogen) atoms. The zero-order valence-electron chi connectivity index (χ0n) is 31.6. The highest BCUT2D eigenvalue weighted by Gasteiger charge is 2.18. The van der Waals surface area contributed by atoms with Crippen LogP contribution >= 0.6 is 0 Å². The van der Waals surface area contributed by atoms with Crippen molar-refractivity contribution in [2.75, 3.05) is 0 Å². The first-order valence-corrected chi connectivity index (χ1v) is 20.0. The van der Waals surface area contributed by atoms with E-state index >= 15 is 0 Å². The minimum absolute atomic E-state index is 0.894. The van der Waals surface area contributed by atoms with Gasteiger partial charge in [0.05, 0.1) is 22.2 Å². The van der Waals surface area contributed by atoms with Gasteiger partial charge in [0.1, 0.15) is 11.2 Å². The highest BCUT2D eigenvalue weighted by atomic mass is 16.3. The minimum Gasteiger partial charge on any atom is -0.455 e. The van der Waals surface area contributed by atoms with Gasteiger partial charge in [-0.15, -0.1) is 0 Å². The summed E-state index contributed by atoms with van der Waals surface area (Å²) in [5.41, 5.74) is 11.2. The average Bonchev–Trinajstić information content (AvgIpc) is 3.70. The summed E-state index contributed by atoms with van der Waals surface area (Å²) in [6, 6.07) is 63.1. The maximum Gasteiger partial charge on any atom is 0.144 e. The smallest absolute Gasteiger partial charge is 0.144 e. The molecule has 4 nitrogen and oxygen atoms in total. The number of aromatic nitrogens is 3. The van der Waals surface area contributed by atoms with E-state index < -0.39 is 0 Å². The van der Waals surface area contributed by atoms with Crippen LogP contribution in [0.5, 0.6) is 0 Å². The van der Waals surface area contributed by atoms with E-state index in [1.807, 2.05) is 30.6 Å². The Balaban J connectivity index is 0.974. The highest BCUT2D eigenvalue weighted by Crippen LogP contribution is 2.43. The summed E-state index contributed by atoms with van der Waals surface area (Å²) >= 11 is 0. The Morgan fingerprint density at radius 2 is 1.00 bits per heavy atom. The maximum absolute atomic E-state index is 6.59. The molecule has 0 saturated heterocycles. The van der Waals surface area contributed by atoms with Gasteiger partial charge in [0.2, 0.25) is 0 Å². The topological polar surface area (TPSA) is 51.8 Å². The van der Waals surface area contributed by atoms with E-state index in [9.17, 15) is 0 Å². The van der Waals surface area contributed by atoms with Crippen LogP contribution in [-0.2, 0) is 0 Å². The molecule has 0 aliphatic carbocycles. The summed E-state index contributed by atoms with van der Waals surface area (Å²) < 4.78 is 6.59. The quantitative estimate of drug-likeness (QED) is 0.169. The van der Waals surface area contributed by atoms with Gasteiger partial charge < -0.3 is 4.42 Å². The minimum atomic E-state index is 0.894. The molecule has 0 aliphatic rings. The van der Waals surface area contributed by atoms with Crippen LogP contribution in [0.2, 0.25) is 0 Å². The summed E-state index contributed by atoms with van der Waals surface area (Å²) in [6.07, 6.45) is 3.75. The van der Waals surface area contributed by atoms with E-state index in [1.165, 1.54) is 32.3 Å². The number of nitrogens with zero attached hydrogens (tertiary/aromatic N) is 3. The molecule has 0 N–H and O–H groups in total. The lowest BCUT2D eigenvalue weighted by Gasteiger charge is -2.15. The average molecular weight is 750 g/mol. The molecule has 0 atom stereocenters. The molecular weight excluding hydrogens is 719 g/mol. The summed E-state index contributed by atoms with van der Waals surface area (Å²) in [6.45, 7) is 0. The Morgan fingerprint density at radius 1 is 0.356 bits per heavy atom. The highest BCUT2D eigenvalue weighted by molar-refractivity contribution is 6.27. The number of furan rings is 1. The molecule has 0 bridgehead atoms. The van der Waals surface area contributed by atoms with Gasteiger partial charge in [-0.25, -0.2) is 4.98 Å². The molecule has 0 radical (unpaired) electrons. The van der Waals surface area contributed by atoms with E-state index in [1.54, 1.807) is 0 Å². The summed E-state index contributed by atoms with van der Waals surface area (Å²) in [4.78, 5) is 14.8. The summed E-state index contributed by atoms with van der Waals surface area (Å²) in [5.74, 6) is 0. The second-order valence-electron chi connectivity index (χ2n) is 15.5. The van der Waals surface area contributed by atoms with Gasteiger partial charge in [-0.05, 0) is 103 Å². The first-order valence-electron chi connectivity index (χ1n) is 20.0. The molecule has 272 valence electrons. The second-order valence-corrected chi connectivity index (χ2v) is 15.5. The predicted octanol–water partition coefficient (Wildman–Crippen LogP) is 14.8. The third kappa shape index (κ3) is 4.75. The van der Waals surface area contributed by atoms with E-state index in [4.69, 9.17) is 14.4 Å². The predicted molar refractivity (Wildman–Crippen MR) is 246 cm³/mol. The van der Waals surface area contributed by atoms with Gasteiger partial charge in [0.15, 0.2) is 0 Å². The number of hydrogen-bond acceptors (Lipinski definition) is 4. The zero-order chi connectivity index (χ0) is 38.6. The lowest BCUT2D eigenvalue weighted by atomic mass is 9.89. The van der Waals surface area contributed by atoms with Gasteiger partial charge in [0.25, 0.3) is 0 Å². The van der Waals surface area contributed by atoms with E-state index in [0.717, 1.165) is 98.9 Å². The van der Waals surface area contributed by atoms with Crippen molar-refractivity contribution in [3.8, 4) is 33.5 Å². The van der Waals surface area contributed by atoms with Crippen molar-refractivity contribution in [3.05, 3.63) is 188 Å². The normalized spacial score (nSPS) is 12.1. The first kappa shape index (κ1) is 32.2. The largest absolute Gasteiger partial charge is 0.455 e. The Labute approximate surface area is 337 Å². The summed E-state index contributed by atoms with van der Waals surface area (Å²) in [7, 11) is 0. The van der Waals surface area contributed by atoms with Crippen molar-refractivity contribution in [2.24, 2.45) is 0 Å². The SMILES string of the molecule is c1cc(-c2ccc3c4ccc(-c5ccnc6c5ccc5cccnc56)cc4c4ccccc4c3c2)cc(-c2nc3ccccc3c3c2ccc2c4ccccc4oc23)c1. The van der Waals surface area contributed by atoms with Crippen molar-refractivity contribution in [2.45, 2.75) is 0 Å². The standard InChI is InChI=1S/C55H31N3O/c1-2-13-39-38(12-1)47-30-34(19-21-40(47)41-22-20-35(31-48(39)41)37-26-28-57-54-43(37)23-18-32-11-8-27-56-53(32)54)33-9-7-10-36(29-33)52-46-25-24-44-42-14-4-6-17-50(42)59-55(44)51(46)45-15-3-5-16-49(45)58-52/h1-31H. The molecule has 0 aliphatic heterocycles. The number of fused-ring (bicyclic) bond motifs is 16. The number of hydrogen-bond donors (Lipinski definition) is 0. The Kier molecular flexibility index (Phi) is 6.69. The number of pyridine rings is 3.